The summed E-state index contributed by atoms with van der Waals surface area (Å²) in [5, 5.41) is 0. The van der Waals surface area contributed by atoms with Crippen LogP contribution in [-0.4, -0.2) is 32.5 Å². The minimum absolute atomic E-state index is 0.106. The highest BCUT2D eigenvalue weighted by molar-refractivity contribution is 5.13. The third-order valence-electron chi connectivity index (χ3n) is 2.88. The molecule has 0 spiro atoms. The average molecular weight is 252 g/mol. The van der Waals surface area contributed by atoms with Crippen molar-refractivity contribution in [3.05, 3.63) is 35.9 Å². The van der Waals surface area contributed by atoms with Gasteiger partial charge in [-0.15, -0.1) is 0 Å². The first kappa shape index (κ1) is 15.2. The number of rotatable bonds is 9. The molecule has 0 aliphatic heterocycles. The van der Waals surface area contributed by atoms with E-state index in [1.54, 1.807) is 7.11 Å². The van der Waals surface area contributed by atoms with Crippen molar-refractivity contribution in [2.75, 3.05) is 26.9 Å². The Morgan fingerprint density at radius 2 is 1.61 bits per heavy atom. The number of methoxy groups -OCH3 is 1. The van der Waals surface area contributed by atoms with Crippen molar-refractivity contribution >= 4 is 0 Å². The van der Waals surface area contributed by atoms with Crippen molar-refractivity contribution in [2.24, 2.45) is 0 Å². The molecule has 3 heteroatoms. The number of benzene rings is 1. The van der Waals surface area contributed by atoms with Gasteiger partial charge in [0.2, 0.25) is 0 Å². The highest BCUT2D eigenvalue weighted by Gasteiger charge is 2.15. The van der Waals surface area contributed by atoms with Crippen molar-refractivity contribution in [3.8, 4) is 0 Å². The van der Waals surface area contributed by atoms with E-state index in [4.69, 9.17) is 14.2 Å². The summed E-state index contributed by atoms with van der Waals surface area (Å²) in [6.45, 7) is 6.72. The molecule has 0 aromatic heterocycles. The molecule has 0 radical (unpaired) electrons. The maximum Gasteiger partial charge on any atom is 0.0718 e. The Kier molecular flexibility index (Phi) is 6.94. The third kappa shape index (κ3) is 6.74. The predicted molar refractivity (Wildman–Crippen MR) is 72.6 cm³/mol. The molecule has 0 saturated carbocycles. The van der Waals surface area contributed by atoms with E-state index in [2.05, 4.69) is 26.0 Å². The fourth-order valence-electron chi connectivity index (χ4n) is 1.40. The lowest BCUT2D eigenvalue weighted by molar-refractivity contribution is -0.0202. The Labute approximate surface area is 110 Å². The molecule has 1 aromatic rings. The van der Waals surface area contributed by atoms with E-state index in [0.717, 1.165) is 6.42 Å². The summed E-state index contributed by atoms with van der Waals surface area (Å²) < 4.78 is 16.3. The summed E-state index contributed by atoms with van der Waals surface area (Å²) in [7, 11) is 1.73. The van der Waals surface area contributed by atoms with Crippen LogP contribution in [0.25, 0.3) is 0 Å². The van der Waals surface area contributed by atoms with Crippen LogP contribution >= 0.6 is 0 Å². The fourth-order valence-corrected chi connectivity index (χ4v) is 1.40. The maximum atomic E-state index is 5.52. The predicted octanol–water partition coefficient (Wildman–Crippen LogP) is 3.03. The molecule has 0 fully saturated rings. The van der Waals surface area contributed by atoms with Gasteiger partial charge in [-0.25, -0.2) is 0 Å². The summed E-state index contributed by atoms with van der Waals surface area (Å²) in [4.78, 5) is 0. The van der Waals surface area contributed by atoms with E-state index in [-0.39, 0.29) is 5.60 Å². The number of hydrogen-bond acceptors (Lipinski definition) is 3. The minimum Gasteiger partial charge on any atom is -0.379 e. The van der Waals surface area contributed by atoms with Gasteiger partial charge in [-0.05, 0) is 25.8 Å². The van der Waals surface area contributed by atoms with Crippen molar-refractivity contribution in [2.45, 2.75) is 32.5 Å². The Balaban J connectivity index is 1.96. The van der Waals surface area contributed by atoms with Gasteiger partial charge in [0.05, 0.1) is 25.4 Å². The summed E-state index contributed by atoms with van der Waals surface area (Å²) in [5.74, 6) is 0. The van der Waals surface area contributed by atoms with Crippen LogP contribution in [0, 0.1) is 0 Å². The van der Waals surface area contributed by atoms with E-state index < -0.39 is 0 Å². The Bertz CT molecular complexity index is 309. The third-order valence-corrected chi connectivity index (χ3v) is 2.88. The van der Waals surface area contributed by atoms with Gasteiger partial charge in [0.15, 0.2) is 0 Å². The van der Waals surface area contributed by atoms with E-state index in [9.17, 15) is 0 Å². The van der Waals surface area contributed by atoms with Crippen LogP contribution < -0.4 is 0 Å². The largest absolute Gasteiger partial charge is 0.379 e. The zero-order valence-corrected chi connectivity index (χ0v) is 11.6. The van der Waals surface area contributed by atoms with Crippen LogP contribution in [-0.2, 0) is 20.8 Å². The van der Waals surface area contributed by atoms with Crippen molar-refractivity contribution < 1.29 is 14.2 Å². The fraction of sp³-hybridized carbons (Fsp3) is 0.600. The van der Waals surface area contributed by atoms with Gasteiger partial charge in [0.25, 0.3) is 0 Å². The van der Waals surface area contributed by atoms with Crippen LogP contribution in [0.4, 0.5) is 0 Å². The molecule has 0 atom stereocenters. The van der Waals surface area contributed by atoms with Gasteiger partial charge >= 0.3 is 0 Å². The molecule has 3 nitrogen and oxygen atoms in total. The molecule has 0 bridgehead atoms. The number of hydrogen-bond donors (Lipinski definition) is 0. The molecular weight excluding hydrogens is 228 g/mol. The quantitative estimate of drug-likeness (QED) is 0.632. The molecular formula is C15H24O3. The first-order valence-corrected chi connectivity index (χ1v) is 6.38. The lowest BCUT2D eigenvalue weighted by atomic mass is 10.1. The van der Waals surface area contributed by atoms with E-state index in [0.29, 0.717) is 26.4 Å². The lowest BCUT2D eigenvalue weighted by Gasteiger charge is -2.22. The molecule has 0 saturated heterocycles. The smallest absolute Gasteiger partial charge is 0.0718 e. The highest BCUT2D eigenvalue weighted by Crippen LogP contribution is 2.12. The molecule has 0 unspecified atom stereocenters. The van der Waals surface area contributed by atoms with Crippen LogP contribution in [0.5, 0.6) is 0 Å². The SMILES string of the molecule is COC(C)(C)CCOCCOCc1ccccc1. The zero-order valence-electron chi connectivity index (χ0n) is 11.6. The van der Waals surface area contributed by atoms with E-state index in [1.165, 1.54) is 5.56 Å². The van der Waals surface area contributed by atoms with Crippen LogP contribution in [0.15, 0.2) is 30.3 Å². The second kappa shape index (κ2) is 8.25. The lowest BCUT2D eigenvalue weighted by Crippen LogP contribution is -2.24. The number of ether oxygens (including phenoxy) is 3. The topological polar surface area (TPSA) is 27.7 Å². The Hall–Kier alpha value is -0.900. The Morgan fingerprint density at radius 3 is 2.28 bits per heavy atom. The summed E-state index contributed by atoms with van der Waals surface area (Å²) in [5.41, 5.74) is 1.09. The molecule has 0 N–H and O–H groups in total. The minimum atomic E-state index is -0.106. The normalized spacial score (nSPS) is 11.7. The van der Waals surface area contributed by atoms with Gasteiger partial charge in [0.1, 0.15) is 0 Å². The average Bonchev–Trinajstić information content (AvgIpc) is 2.39. The van der Waals surface area contributed by atoms with Crippen molar-refractivity contribution in [3.63, 3.8) is 0 Å². The van der Waals surface area contributed by atoms with E-state index in [1.807, 2.05) is 18.2 Å². The van der Waals surface area contributed by atoms with Crippen LogP contribution in [0.2, 0.25) is 0 Å². The monoisotopic (exact) mass is 252 g/mol. The van der Waals surface area contributed by atoms with Gasteiger partial charge in [-0.2, -0.15) is 0 Å². The summed E-state index contributed by atoms with van der Waals surface area (Å²) >= 11 is 0. The summed E-state index contributed by atoms with van der Waals surface area (Å²) in [6, 6.07) is 10.2. The zero-order chi connectivity index (χ0) is 13.3. The van der Waals surface area contributed by atoms with Crippen molar-refractivity contribution in [1.29, 1.82) is 0 Å². The molecule has 0 aliphatic rings. The van der Waals surface area contributed by atoms with Gasteiger partial charge in [-0.1, -0.05) is 30.3 Å². The second-order valence-electron chi connectivity index (χ2n) is 4.86. The maximum absolute atomic E-state index is 5.52. The van der Waals surface area contributed by atoms with E-state index >= 15 is 0 Å². The first-order chi connectivity index (χ1) is 8.64. The highest BCUT2D eigenvalue weighted by atomic mass is 16.5. The molecule has 1 rings (SSSR count). The van der Waals surface area contributed by atoms with Gasteiger partial charge in [-0.3, -0.25) is 0 Å². The molecule has 0 amide bonds. The van der Waals surface area contributed by atoms with Gasteiger partial charge in [0, 0.05) is 13.7 Å². The van der Waals surface area contributed by atoms with Crippen molar-refractivity contribution in [1.82, 2.24) is 0 Å². The molecule has 0 heterocycles. The molecule has 18 heavy (non-hydrogen) atoms. The Morgan fingerprint density at radius 1 is 0.944 bits per heavy atom. The molecule has 0 aliphatic carbocycles. The molecule has 102 valence electrons. The standard InChI is InChI=1S/C15H24O3/c1-15(2,16-3)9-10-17-11-12-18-13-14-7-5-4-6-8-14/h4-8H,9-13H2,1-3H3. The second-order valence-corrected chi connectivity index (χ2v) is 4.86. The molecule has 1 aromatic carbocycles. The summed E-state index contributed by atoms with van der Waals surface area (Å²) in [6.07, 6.45) is 0.891. The van der Waals surface area contributed by atoms with Gasteiger partial charge < -0.3 is 14.2 Å². The first-order valence-electron chi connectivity index (χ1n) is 6.38. The van der Waals surface area contributed by atoms with Crippen LogP contribution in [0.3, 0.4) is 0 Å². The van der Waals surface area contributed by atoms with Crippen LogP contribution in [0.1, 0.15) is 25.8 Å².